The predicted octanol–water partition coefficient (Wildman–Crippen LogP) is 1.63. The highest BCUT2D eigenvalue weighted by Gasteiger charge is 2.38. The fraction of sp³-hybridized carbons (Fsp3) is 0.750. The van der Waals surface area contributed by atoms with Crippen LogP contribution in [0, 0.1) is 0 Å². The first-order chi connectivity index (χ1) is 9.99. The van der Waals surface area contributed by atoms with Crippen LogP contribution in [-0.2, 0) is 28.4 Å². The summed E-state index contributed by atoms with van der Waals surface area (Å²) in [5, 5.41) is 0. The van der Waals surface area contributed by atoms with Gasteiger partial charge in [0.2, 0.25) is 0 Å². The smallest absolute Gasteiger partial charge is 0.438 e. The Balaban J connectivity index is 2.66. The van der Waals surface area contributed by atoms with Crippen molar-refractivity contribution in [2.24, 2.45) is 0 Å². The molecule has 21 heavy (non-hydrogen) atoms. The summed E-state index contributed by atoms with van der Waals surface area (Å²) in [5.74, 6) is 0. The summed E-state index contributed by atoms with van der Waals surface area (Å²) >= 11 is 0. The third-order valence-corrected chi connectivity index (χ3v) is 2.94. The maximum atomic E-state index is 11.2. The first-order valence-corrected chi connectivity index (χ1v) is 6.24. The second-order valence-electron chi connectivity index (χ2n) is 4.23. The summed E-state index contributed by atoms with van der Waals surface area (Å²) < 4.78 is 28.2. The lowest BCUT2D eigenvalue weighted by Gasteiger charge is -2.33. The van der Waals surface area contributed by atoms with Crippen LogP contribution < -0.4 is 0 Å². The standard InChI is InChI=1S/C12H18O9/c1-16-10(13)19-7-4-5-8(20-11(14)17-2)9(6-7)21-12(15)18-3/h7-9H,4-6H2,1-3H3. The Hall–Kier alpha value is -2.19. The SMILES string of the molecule is COC(=O)OC1CCC(OC(=O)OC)C(OC(=O)OC)C1. The van der Waals surface area contributed by atoms with Crippen molar-refractivity contribution in [3.8, 4) is 0 Å². The normalized spacial score (nSPS) is 24.4. The van der Waals surface area contributed by atoms with E-state index in [1.165, 1.54) is 14.2 Å². The Morgan fingerprint density at radius 3 is 1.71 bits per heavy atom. The van der Waals surface area contributed by atoms with E-state index in [0.29, 0.717) is 12.8 Å². The molecule has 1 aliphatic carbocycles. The van der Waals surface area contributed by atoms with Crippen LogP contribution in [0.3, 0.4) is 0 Å². The van der Waals surface area contributed by atoms with Gasteiger partial charge in [-0.2, -0.15) is 0 Å². The predicted molar refractivity (Wildman–Crippen MR) is 65.7 cm³/mol. The van der Waals surface area contributed by atoms with Crippen LogP contribution in [0.4, 0.5) is 14.4 Å². The Morgan fingerprint density at radius 1 is 0.714 bits per heavy atom. The minimum Gasteiger partial charge on any atom is -0.438 e. The van der Waals surface area contributed by atoms with E-state index in [1.807, 2.05) is 0 Å². The van der Waals surface area contributed by atoms with Crippen LogP contribution in [0.1, 0.15) is 19.3 Å². The largest absolute Gasteiger partial charge is 0.508 e. The van der Waals surface area contributed by atoms with E-state index in [4.69, 9.17) is 14.2 Å². The molecule has 120 valence electrons. The topological polar surface area (TPSA) is 107 Å². The summed E-state index contributed by atoms with van der Waals surface area (Å²) in [6.45, 7) is 0. The number of carbonyl (C=O) groups is 3. The van der Waals surface area contributed by atoms with Crippen LogP contribution in [0.15, 0.2) is 0 Å². The lowest BCUT2D eigenvalue weighted by atomic mass is 9.92. The van der Waals surface area contributed by atoms with Gasteiger partial charge in [0.25, 0.3) is 0 Å². The molecule has 0 heterocycles. The van der Waals surface area contributed by atoms with Crippen molar-refractivity contribution in [1.82, 2.24) is 0 Å². The Labute approximate surface area is 121 Å². The number of hydrogen-bond acceptors (Lipinski definition) is 9. The average Bonchev–Trinajstić information content (AvgIpc) is 2.49. The van der Waals surface area contributed by atoms with Crippen LogP contribution in [0.5, 0.6) is 0 Å². The summed E-state index contributed by atoms with van der Waals surface area (Å²) in [5.41, 5.74) is 0. The van der Waals surface area contributed by atoms with E-state index in [0.717, 1.165) is 7.11 Å². The van der Waals surface area contributed by atoms with Crippen molar-refractivity contribution in [2.45, 2.75) is 37.6 Å². The Morgan fingerprint density at radius 2 is 1.19 bits per heavy atom. The number of carbonyl (C=O) groups excluding carboxylic acids is 3. The summed E-state index contributed by atoms with van der Waals surface area (Å²) in [6, 6.07) is 0. The molecule has 3 atom stereocenters. The van der Waals surface area contributed by atoms with Crippen molar-refractivity contribution >= 4 is 18.5 Å². The zero-order chi connectivity index (χ0) is 15.8. The van der Waals surface area contributed by atoms with Crippen molar-refractivity contribution in [2.75, 3.05) is 21.3 Å². The maximum absolute atomic E-state index is 11.2. The second kappa shape index (κ2) is 8.18. The molecule has 0 radical (unpaired) electrons. The number of hydrogen-bond donors (Lipinski definition) is 0. The zero-order valence-corrected chi connectivity index (χ0v) is 12.0. The highest BCUT2D eigenvalue weighted by atomic mass is 16.8. The van der Waals surface area contributed by atoms with Gasteiger partial charge in [0.05, 0.1) is 21.3 Å². The third kappa shape index (κ3) is 5.36. The van der Waals surface area contributed by atoms with E-state index >= 15 is 0 Å². The van der Waals surface area contributed by atoms with Crippen molar-refractivity contribution < 1.29 is 42.8 Å². The molecule has 0 N–H and O–H groups in total. The van der Waals surface area contributed by atoms with Gasteiger partial charge in [-0.3, -0.25) is 0 Å². The van der Waals surface area contributed by atoms with Crippen molar-refractivity contribution in [3.05, 3.63) is 0 Å². The molecule has 9 heteroatoms. The molecular weight excluding hydrogens is 288 g/mol. The molecule has 1 aliphatic rings. The van der Waals surface area contributed by atoms with Gasteiger partial charge in [0.1, 0.15) is 18.3 Å². The fourth-order valence-electron chi connectivity index (χ4n) is 1.96. The van der Waals surface area contributed by atoms with Gasteiger partial charge in [-0.1, -0.05) is 0 Å². The van der Waals surface area contributed by atoms with E-state index < -0.39 is 36.8 Å². The second-order valence-corrected chi connectivity index (χ2v) is 4.23. The number of ether oxygens (including phenoxy) is 6. The molecule has 3 unspecified atom stereocenters. The number of methoxy groups -OCH3 is 3. The van der Waals surface area contributed by atoms with E-state index in [2.05, 4.69) is 14.2 Å². The molecule has 0 aliphatic heterocycles. The van der Waals surface area contributed by atoms with Gasteiger partial charge in [-0.15, -0.1) is 0 Å². The minimum atomic E-state index is -0.919. The molecule has 0 spiro atoms. The quantitative estimate of drug-likeness (QED) is 0.567. The first-order valence-electron chi connectivity index (χ1n) is 6.24. The van der Waals surface area contributed by atoms with Gasteiger partial charge in [-0.25, -0.2) is 14.4 Å². The summed E-state index contributed by atoms with van der Waals surface area (Å²) in [7, 11) is 3.52. The van der Waals surface area contributed by atoms with Crippen LogP contribution in [0.25, 0.3) is 0 Å². The van der Waals surface area contributed by atoms with E-state index in [1.54, 1.807) is 0 Å². The Bertz CT molecular complexity index is 381. The number of rotatable bonds is 3. The first kappa shape index (κ1) is 16.9. The molecule has 0 aromatic rings. The molecular formula is C12H18O9. The van der Waals surface area contributed by atoms with Gasteiger partial charge in [0, 0.05) is 6.42 Å². The van der Waals surface area contributed by atoms with Gasteiger partial charge in [0.15, 0.2) is 0 Å². The summed E-state index contributed by atoms with van der Waals surface area (Å²) in [6.07, 6.45) is -3.73. The van der Waals surface area contributed by atoms with Crippen LogP contribution in [0.2, 0.25) is 0 Å². The molecule has 1 rings (SSSR count). The average molecular weight is 306 g/mol. The van der Waals surface area contributed by atoms with Gasteiger partial charge < -0.3 is 28.4 Å². The maximum Gasteiger partial charge on any atom is 0.508 e. The monoisotopic (exact) mass is 306 g/mol. The van der Waals surface area contributed by atoms with Gasteiger partial charge in [-0.05, 0) is 12.8 Å². The third-order valence-electron chi connectivity index (χ3n) is 2.94. The van der Waals surface area contributed by atoms with Crippen LogP contribution in [-0.4, -0.2) is 58.1 Å². The minimum absolute atomic E-state index is 0.159. The molecule has 0 saturated heterocycles. The molecule has 0 bridgehead atoms. The fourth-order valence-corrected chi connectivity index (χ4v) is 1.96. The Kier molecular flexibility index (Phi) is 6.57. The highest BCUT2D eigenvalue weighted by Crippen LogP contribution is 2.27. The van der Waals surface area contributed by atoms with Crippen molar-refractivity contribution in [1.29, 1.82) is 0 Å². The van der Waals surface area contributed by atoms with Gasteiger partial charge >= 0.3 is 18.5 Å². The molecule has 1 fully saturated rings. The highest BCUT2D eigenvalue weighted by molar-refractivity contribution is 5.61. The molecule has 1 saturated carbocycles. The van der Waals surface area contributed by atoms with E-state index in [9.17, 15) is 14.4 Å². The summed E-state index contributed by atoms with van der Waals surface area (Å²) in [4.78, 5) is 33.5. The lowest BCUT2D eigenvalue weighted by Crippen LogP contribution is -2.43. The molecule has 9 nitrogen and oxygen atoms in total. The lowest BCUT2D eigenvalue weighted by molar-refractivity contribution is -0.0930. The molecule has 0 aromatic carbocycles. The molecule has 0 aromatic heterocycles. The van der Waals surface area contributed by atoms with Crippen molar-refractivity contribution in [3.63, 3.8) is 0 Å². The van der Waals surface area contributed by atoms with E-state index in [-0.39, 0.29) is 6.42 Å². The molecule has 0 amide bonds. The zero-order valence-electron chi connectivity index (χ0n) is 12.0. The van der Waals surface area contributed by atoms with Crippen LogP contribution >= 0.6 is 0 Å².